The second-order valence-corrected chi connectivity index (χ2v) is 2.28. The van der Waals surface area contributed by atoms with Crippen molar-refractivity contribution in [1.29, 1.82) is 0 Å². The van der Waals surface area contributed by atoms with Crippen LogP contribution in [0.3, 0.4) is 0 Å². The molecule has 0 nitrogen and oxygen atoms in total. The van der Waals surface area contributed by atoms with Crippen LogP contribution >= 0.6 is 23.2 Å². The van der Waals surface area contributed by atoms with Crippen molar-refractivity contribution in [2.24, 2.45) is 0 Å². The van der Waals surface area contributed by atoms with Gasteiger partial charge in [-0.1, -0.05) is 11.6 Å². The van der Waals surface area contributed by atoms with Gasteiger partial charge in [-0.3, -0.25) is 0 Å². The summed E-state index contributed by atoms with van der Waals surface area (Å²) < 4.78 is 0. The van der Waals surface area contributed by atoms with E-state index in [0.717, 1.165) is 10.6 Å². The van der Waals surface area contributed by atoms with E-state index in [-0.39, 0.29) is 0 Å². The maximum atomic E-state index is 5.52. The summed E-state index contributed by atoms with van der Waals surface area (Å²) in [4.78, 5) is 0. The summed E-state index contributed by atoms with van der Waals surface area (Å²) in [6.45, 7) is 3.74. The first-order valence-electron chi connectivity index (χ1n) is 2.06. The molecule has 0 spiro atoms. The molecule has 0 bridgehead atoms. The van der Waals surface area contributed by atoms with Crippen molar-refractivity contribution in [2.75, 3.05) is 5.88 Å². The van der Waals surface area contributed by atoms with Crippen LogP contribution in [-0.4, -0.2) is 5.88 Å². The molecule has 0 saturated heterocycles. The Morgan fingerprint density at radius 3 is 1.86 bits per heavy atom. The van der Waals surface area contributed by atoms with Crippen LogP contribution in [0.5, 0.6) is 0 Å². The van der Waals surface area contributed by atoms with E-state index in [1.165, 1.54) is 0 Å². The van der Waals surface area contributed by atoms with E-state index in [1.54, 1.807) is 0 Å². The lowest BCUT2D eigenvalue weighted by Crippen LogP contribution is -1.76. The standard InChI is InChI=1S/C5H8Cl2/c1-4(3-6)5(2)7/h3H2,1-2H3/b5-4+. The third-order valence-electron chi connectivity index (χ3n) is 0.789. The normalized spacial score (nSPS) is 13.7. The molecule has 7 heavy (non-hydrogen) atoms. The van der Waals surface area contributed by atoms with Crippen LogP contribution in [0.2, 0.25) is 0 Å². The molecule has 0 atom stereocenters. The quantitative estimate of drug-likeness (QED) is 0.490. The highest BCUT2D eigenvalue weighted by atomic mass is 35.5. The Bertz CT molecular complexity index is 80.1. The van der Waals surface area contributed by atoms with Crippen molar-refractivity contribution in [3.05, 3.63) is 10.6 Å². The van der Waals surface area contributed by atoms with Crippen molar-refractivity contribution < 1.29 is 0 Å². The minimum atomic E-state index is 0.537. The van der Waals surface area contributed by atoms with E-state index in [1.807, 2.05) is 13.8 Å². The lowest BCUT2D eigenvalue weighted by Gasteiger charge is -1.90. The zero-order valence-electron chi connectivity index (χ0n) is 4.46. The molecule has 0 rings (SSSR count). The summed E-state index contributed by atoms with van der Waals surface area (Å²) >= 11 is 10.9. The minimum Gasteiger partial charge on any atom is -0.122 e. The molecular weight excluding hydrogens is 131 g/mol. The summed E-state index contributed by atoms with van der Waals surface area (Å²) in [5.41, 5.74) is 1.04. The van der Waals surface area contributed by atoms with E-state index >= 15 is 0 Å². The lowest BCUT2D eigenvalue weighted by atomic mass is 10.3. The van der Waals surface area contributed by atoms with Gasteiger partial charge in [0.15, 0.2) is 0 Å². The Morgan fingerprint density at radius 1 is 1.43 bits per heavy atom. The van der Waals surface area contributed by atoms with Gasteiger partial charge in [0, 0.05) is 10.9 Å². The predicted octanol–water partition coefficient (Wildman–Crippen LogP) is 2.76. The Labute approximate surface area is 54.1 Å². The Hall–Kier alpha value is 0.320. The van der Waals surface area contributed by atoms with Crippen molar-refractivity contribution in [3.63, 3.8) is 0 Å². The largest absolute Gasteiger partial charge is 0.122 e. The molecule has 0 aliphatic heterocycles. The van der Waals surface area contributed by atoms with E-state index in [0.29, 0.717) is 5.88 Å². The molecular formula is C5H8Cl2. The molecule has 0 aliphatic carbocycles. The molecule has 0 N–H and O–H groups in total. The second kappa shape index (κ2) is 3.34. The van der Waals surface area contributed by atoms with Crippen molar-refractivity contribution >= 4 is 23.2 Å². The molecule has 0 aliphatic rings. The van der Waals surface area contributed by atoms with Crippen molar-refractivity contribution in [2.45, 2.75) is 13.8 Å². The van der Waals surface area contributed by atoms with Gasteiger partial charge in [-0.15, -0.1) is 11.6 Å². The number of halogens is 2. The zero-order valence-corrected chi connectivity index (χ0v) is 5.97. The minimum absolute atomic E-state index is 0.537. The Morgan fingerprint density at radius 2 is 1.86 bits per heavy atom. The van der Waals surface area contributed by atoms with Gasteiger partial charge in [-0.2, -0.15) is 0 Å². The van der Waals surface area contributed by atoms with Gasteiger partial charge in [-0.25, -0.2) is 0 Å². The summed E-state index contributed by atoms with van der Waals surface area (Å²) in [6, 6.07) is 0. The maximum absolute atomic E-state index is 5.52. The van der Waals surface area contributed by atoms with Gasteiger partial charge in [0.05, 0.1) is 0 Å². The topological polar surface area (TPSA) is 0 Å². The number of hydrogen-bond acceptors (Lipinski definition) is 0. The van der Waals surface area contributed by atoms with Gasteiger partial charge >= 0.3 is 0 Å². The molecule has 0 radical (unpaired) electrons. The van der Waals surface area contributed by atoms with E-state index in [9.17, 15) is 0 Å². The average molecular weight is 139 g/mol. The second-order valence-electron chi connectivity index (χ2n) is 1.45. The van der Waals surface area contributed by atoms with Gasteiger partial charge in [-0.05, 0) is 19.4 Å². The van der Waals surface area contributed by atoms with Crippen LogP contribution in [0.15, 0.2) is 10.6 Å². The molecule has 0 fully saturated rings. The lowest BCUT2D eigenvalue weighted by molar-refractivity contribution is 1.35. The summed E-state index contributed by atoms with van der Waals surface area (Å²) in [7, 11) is 0. The SMILES string of the molecule is C/C(Cl)=C(/C)CCl. The van der Waals surface area contributed by atoms with Gasteiger partial charge in [0.1, 0.15) is 0 Å². The van der Waals surface area contributed by atoms with E-state index < -0.39 is 0 Å². The monoisotopic (exact) mass is 138 g/mol. The molecule has 0 aromatic carbocycles. The van der Waals surface area contributed by atoms with Crippen LogP contribution in [0.4, 0.5) is 0 Å². The first kappa shape index (κ1) is 7.32. The Kier molecular flexibility index (Phi) is 3.49. The van der Waals surface area contributed by atoms with Crippen molar-refractivity contribution in [1.82, 2.24) is 0 Å². The van der Waals surface area contributed by atoms with E-state index in [4.69, 9.17) is 23.2 Å². The molecule has 0 aromatic heterocycles. The van der Waals surface area contributed by atoms with Crippen molar-refractivity contribution in [3.8, 4) is 0 Å². The molecule has 2 heteroatoms. The first-order chi connectivity index (χ1) is 3.18. The molecule has 0 heterocycles. The summed E-state index contributed by atoms with van der Waals surface area (Å²) in [5.74, 6) is 0.537. The number of alkyl halides is 1. The van der Waals surface area contributed by atoms with Gasteiger partial charge in [0.25, 0.3) is 0 Å². The van der Waals surface area contributed by atoms with Crippen LogP contribution < -0.4 is 0 Å². The van der Waals surface area contributed by atoms with E-state index in [2.05, 4.69) is 0 Å². The van der Waals surface area contributed by atoms with Crippen LogP contribution in [0, 0.1) is 0 Å². The third-order valence-corrected chi connectivity index (χ3v) is 1.51. The number of rotatable bonds is 1. The first-order valence-corrected chi connectivity index (χ1v) is 2.97. The van der Waals surface area contributed by atoms with Crippen LogP contribution in [-0.2, 0) is 0 Å². The highest BCUT2D eigenvalue weighted by Gasteiger charge is 1.87. The number of allylic oxidation sites excluding steroid dienone is 2. The molecule has 0 unspecified atom stereocenters. The summed E-state index contributed by atoms with van der Waals surface area (Å²) in [6.07, 6.45) is 0. The van der Waals surface area contributed by atoms with Gasteiger partial charge < -0.3 is 0 Å². The van der Waals surface area contributed by atoms with Crippen LogP contribution in [0.1, 0.15) is 13.8 Å². The fraction of sp³-hybridized carbons (Fsp3) is 0.600. The third kappa shape index (κ3) is 2.95. The highest BCUT2D eigenvalue weighted by molar-refractivity contribution is 6.30. The fourth-order valence-corrected chi connectivity index (χ4v) is 0.428. The molecule has 42 valence electrons. The highest BCUT2D eigenvalue weighted by Crippen LogP contribution is 2.07. The maximum Gasteiger partial charge on any atom is 0.0444 e. The van der Waals surface area contributed by atoms with Crippen LogP contribution in [0.25, 0.3) is 0 Å². The fourth-order valence-electron chi connectivity index (χ4n) is 0.0921. The average Bonchev–Trinajstić information content (AvgIpc) is 1.65. The molecule has 0 saturated carbocycles. The zero-order chi connectivity index (χ0) is 5.86. The molecule has 0 aromatic rings. The smallest absolute Gasteiger partial charge is 0.0444 e. The summed E-state index contributed by atoms with van der Waals surface area (Å²) in [5, 5.41) is 0.801. The Balaban J connectivity index is 3.72. The number of hydrogen-bond donors (Lipinski definition) is 0. The predicted molar refractivity (Wildman–Crippen MR) is 34.9 cm³/mol. The molecule has 0 amide bonds. The van der Waals surface area contributed by atoms with Gasteiger partial charge in [0.2, 0.25) is 0 Å².